The van der Waals surface area contributed by atoms with Crippen LogP contribution in [0, 0.1) is 5.92 Å². The molecule has 3 heterocycles. The van der Waals surface area contributed by atoms with Crippen LogP contribution in [0.2, 0.25) is 0 Å². The molecular weight excluding hydrogens is 228 g/mol. The summed E-state index contributed by atoms with van der Waals surface area (Å²) in [6, 6.07) is 1.25. The van der Waals surface area contributed by atoms with E-state index in [4.69, 9.17) is 9.47 Å². The number of rotatable bonds is 1. The van der Waals surface area contributed by atoms with E-state index in [1.807, 2.05) is 0 Å². The van der Waals surface area contributed by atoms with E-state index in [1.165, 1.54) is 16.8 Å². The summed E-state index contributed by atoms with van der Waals surface area (Å²) in [4.78, 5) is 35.9. The average molecular weight is 238 g/mol. The predicted octanol–water partition coefficient (Wildman–Crippen LogP) is -1.00. The molecule has 0 aliphatic carbocycles. The molecule has 0 radical (unpaired) electrons. The summed E-state index contributed by atoms with van der Waals surface area (Å²) in [6.45, 7) is 0.234. The number of nitrogens with one attached hydrogen (secondary N) is 1. The quantitative estimate of drug-likeness (QED) is 0.633. The van der Waals surface area contributed by atoms with Crippen molar-refractivity contribution in [1.29, 1.82) is 0 Å². The molecule has 0 bridgehead atoms. The van der Waals surface area contributed by atoms with E-state index in [-0.39, 0.29) is 24.6 Å². The number of carbonyl (C=O) groups excluding carboxylic acids is 1. The van der Waals surface area contributed by atoms with E-state index in [2.05, 4.69) is 4.98 Å². The van der Waals surface area contributed by atoms with Gasteiger partial charge in [0.2, 0.25) is 0 Å². The van der Waals surface area contributed by atoms with Gasteiger partial charge in [0.05, 0.1) is 5.92 Å². The molecule has 2 saturated heterocycles. The lowest BCUT2D eigenvalue weighted by atomic mass is 10.0. The zero-order chi connectivity index (χ0) is 12.0. The van der Waals surface area contributed by atoms with Crippen LogP contribution in [0.1, 0.15) is 12.6 Å². The van der Waals surface area contributed by atoms with Crippen LogP contribution in [0.5, 0.6) is 0 Å². The van der Waals surface area contributed by atoms with Crippen molar-refractivity contribution in [3.8, 4) is 0 Å². The van der Waals surface area contributed by atoms with Gasteiger partial charge in [-0.25, -0.2) is 4.79 Å². The number of aromatic nitrogens is 2. The van der Waals surface area contributed by atoms with Crippen LogP contribution < -0.4 is 11.2 Å². The number of aromatic amines is 1. The largest absolute Gasteiger partial charge is 0.463 e. The van der Waals surface area contributed by atoms with Crippen LogP contribution >= 0.6 is 0 Å². The monoisotopic (exact) mass is 238 g/mol. The smallest absolute Gasteiger partial charge is 0.330 e. The van der Waals surface area contributed by atoms with Gasteiger partial charge >= 0.3 is 11.7 Å². The first-order chi connectivity index (χ1) is 8.15. The summed E-state index contributed by atoms with van der Waals surface area (Å²) in [6.07, 6.45) is 0.974. The second kappa shape index (κ2) is 3.56. The van der Waals surface area contributed by atoms with E-state index in [9.17, 15) is 14.4 Å². The zero-order valence-electron chi connectivity index (χ0n) is 8.79. The van der Waals surface area contributed by atoms with Gasteiger partial charge in [0.15, 0.2) is 0 Å². The zero-order valence-corrected chi connectivity index (χ0v) is 8.79. The molecule has 7 nitrogen and oxygen atoms in total. The number of ether oxygens (including phenoxy) is 2. The van der Waals surface area contributed by atoms with E-state index < -0.39 is 17.5 Å². The fourth-order valence-corrected chi connectivity index (χ4v) is 2.23. The highest BCUT2D eigenvalue weighted by atomic mass is 16.6. The lowest BCUT2D eigenvalue weighted by Crippen LogP contribution is -2.31. The number of fused-ring (bicyclic) bond motifs is 1. The van der Waals surface area contributed by atoms with Gasteiger partial charge in [-0.2, -0.15) is 0 Å². The lowest BCUT2D eigenvalue weighted by Gasteiger charge is -2.14. The molecule has 0 unspecified atom stereocenters. The first-order valence-corrected chi connectivity index (χ1v) is 5.29. The van der Waals surface area contributed by atoms with Gasteiger partial charge < -0.3 is 9.47 Å². The molecule has 1 aromatic heterocycles. The molecule has 90 valence electrons. The number of hydrogen-bond donors (Lipinski definition) is 1. The summed E-state index contributed by atoms with van der Waals surface area (Å²) in [5, 5.41) is 0. The second-order valence-corrected chi connectivity index (χ2v) is 4.12. The van der Waals surface area contributed by atoms with Gasteiger partial charge in [-0.05, 0) is 0 Å². The first-order valence-electron chi connectivity index (χ1n) is 5.29. The molecule has 17 heavy (non-hydrogen) atoms. The third-order valence-corrected chi connectivity index (χ3v) is 3.09. The van der Waals surface area contributed by atoms with Crippen LogP contribution in [0.3, 0.4) is 0 Å². The highest BCUT2D eigenvalue weighted by molar-refractivity contribution is 5.75. The van der Waals surface area contributed by atoms with Crippen LogP contribution in [-0.2, 0) is 14.3 Å². The van der Waals surface area contributed by atoms with Crippen LogP contribution in [0.4, 0.5) is 0 Å². The van der Waals surface area contributed by atoms with Crippen molar-refractivity contribution < 1.29 is 14.3 Å². The van der Waals surface area contributed by atoms with E-state index >= 15 is 0 Å². The molecular formula is C10H10N2O5. The Morgan fingerprint density at radius 3 is 2.88 bits per heavy atom. The molecule has 3 rings (SSSR count). The Kier molecular flexibility index (Phi) is 2.15. The Morgan fingerprint density at radius 1 is 1.35 bits per heavy atom. The highest BCUT2D eigenvalue weighted by Gasteiger charge is 2.46. The molecule has 1 N–H and O–H groups in total. The molecule has 2 aliphatic heterocycles. The van der Waals surface area contributed by atoms with Gasteiger partial charge in [-0.15, -0.1) is 0 Å². The van der Waals surface area contributed by atoms with E-state index in [1.54, 1.807) is 0 Å². The van der Waals surface area contributed by atoms with Gasteiger partial charge in [0, 0.05) is 18.7 Å². The van der Waals surface area contributed by atoms with Crippen molar-refractivity contribution in [3.05, 3.63) is 33.1 Å². The van der Waals surface area contributed by atoms with E-state index in [0.29, 0.717) is 6.42 Å². The Balaban J connectivity index is 1.90. The average Bonchev–Trinajstić information content (AvgIpc) is 2.81. The van der Waals surface area contributed by atoms with E-state index in [0.717, 1.165) is 0 Å². The summed E-state index contributed by atoms with van der Waals surface area (Å²) >= 11 is 0. The normalized spacial score (nSPS) is 31.3. The van der Waals surface area contributed by atoms with Crippen molar-refractivity contribution >= 4 is 5.97 Å². The van der Waals surface area contributed by atoms with Gasteiger partial charge in [-0.3, -0.25) is 19.1 Å². The lowest BCUT2D eigenvalue weighted by molar-refractivity contribution is -0.142. The molecule has 0 spiro atoms. The summed E-state index contributed by atoms with van der Waals surface area (Å²) in [7, 11) is 0. The minimum atomic E-state index is -0.532. The maximum atomic E-state index is 11.5. The van der Waals surface area contributed by atoms with Gasteiger partial charge in [0.1, 0.15) is 18.9 Å². The Bertz CT molecular complexity index is 575. The number of esters is 1. The van der Waals surface area contributed by atoms with Crippen LogP contribution in [-0.4, -0.2) is 28.2 Å². The molecule has 3 atom stereocenters. The summed E-state index contributed by atoms with van der Waals surface area (Å²) in [5.41, 5.74) is -0.986. The molecule has 7 heteroatoms. The molecule has 0 amide bonds. The Morgan fingerprint density at radius 2 is 2.18 bits per heavy atom. The van der Waals surface area contributed by atoms with Crippen molar-refractivity contribution in [2.24, 2.45) is 5.92 Å². The maximum Gasteiger partial charge on any atom is 0.330 e. The molecule has 2 aliphatic rings. The topological polar surface area (TPSA) is 90.4 Å². The minimum absolute atomic E-state index is 0.234. The number of H-pyrrole nitrogens is 1. The van der Waals surface area contributed by atoms with Crippen molar-refractivity contribution in [1.82, 2.24) is 9.55 Å². The van der Waals surface area contributed by atoms with Crippen LogP contribution in [0.25, 0.3) is 0 Å². The summed E-state index contributed by atoms with van der Waals surface area (Å²) < 4.78 is 11.7. The highest BCUT2D eigenvalue weighted by Crippen LogP contribution is 2.36. The Labute approximate surface area is 95.0 Å². The first kappa shape index (κ1) is 10.3. The fourth-order valence-electron chi connectivity index (χ4n) is 2.23. The van der Waals surface area contributed by atoms with Gasteiger partial charge in [-0.1, -0.05) is 0 Å². The second-order valence-electron chi connectivity index (χ2n) is 4.12. The third-order valence-electron chi connectivity index (χ3n) is 3.09. The molecule has 0 aromatic carbocycles. The predicted molar refractivity (Wildman–Crippen MR) is 54.3 cm³/mol. The summed E-state index contributed by atoms with van der Waals surface area (Å²) in [5.74, 6) is -0.589. The number of cyclic esters (lactones) is 1. The third kappa shape index (κ3) is 1.59. The fraction of sp³-hybridized carbons (Fsp3) is 0.500. The van der Waals surface area contributed by atoms with Crippen LogP contribution in [0.15, 0.2) is 21.9 Å². The Hall–Kier alpha value is -1.89. The molecule has 2 fully saturated rings. The molecule has 1 aromatic rings. The standard InChI is InChI=1S/C10H10N2O5/c13-7-1-2-12(10(15)11-7)8-3-5-6(17-8)4-16-9(5)14/h1-2,5-6,8H,3-4H2,(H,11,13,15)/t5-,6-,8+/m1/s1. The number of nitrogens with zero attached hydrogens (tertiary/aromatic N) is 1. The van der Waals surface area contributed by atoms with Crippen molar-refractivity contribution in [2.45, 2.75) is 18.8 Å². The minimum Gasteiger partial charge on any atom is -0.463 e. The van der Waals surface area contributed by atoms with Crippen molar-refractivity contribution in [3.63, 3.8) is 0 Å². The SMILES string of the molecule is O=C1OC[C@H]2O[C@H](n3ccc(=O)[nH]c3=O)C[C@@H]12. The number of hydrogen-bond acceptors (Lipinski definition) is 5. The van der Waals surface area contributed by atoms with Gasteiger partial charge in [0.25, 0.3) is 5.56 Å². The van der Waals surface area contributed by atoms with Crippen molar-refractivity contribution in [2.75, 3.05) is 6.61 Å². The maximum absolute atomic E-state index is 11.5. The number of carbonyl (C=O) groups is 1. The molecule has 0 saturated carbocycles.